The normalized spacial score (nSPS) is 14.2. The maximum atomic E-state index is 9.56. The van der Waals surface area contributed by atoms with Gasteiger partial charge in [-0.15, -0.1) is 0 Å². The third kappa shape index (κ3) is 13.8. The number of pyridine rings is 5. The Hall–Kier alpha value is -15.6. The van der Waals surface area contributed by atoms with Crippen LogP contribution in [-0.4, -0.2) is 116 Å². The minimum absolute atomic E-state index is 0.439. The maximum Gasteiger partial charge on any atom is 0.181 e. The van der Waals surface area contributed by atoms with E-state index in [1.165, 1.54) is 195 Å². The molecule has 9 aromatic carbocycles. The highest BCUT2D eigenvalue weighted by molar-refractivity contribution is 7.22. The van der Waals surface area contributed by atoms with Crippen LogP contribution >= 0.6 is 22.7 Å². The van der Waals surface area contributed by atoms with Gasteiger partial charge in [-0.25, -0.2) is 34.9 Å². The summed E-state index contributed by atoms with van der Waals surface area (Å²) in [7, 11) is 2.02. The van der Waals surface area contributed by atoms with Crippen LogP contribution in [0.4, 0.5) is 10.3 Å². The van der Waals surface area contributed by atoms with E-state index in [4.69, 9.17) is 41.5 Å². The molecular weight excluding hydrogens is 1730 g/mol. The molecule has 668 valence electrons. The second-order valence-corrected chi connectivity index (χ2v) is 39.2. The van der Waals surface area contributed by atoms with E-state index in [-0.39, 0.29) is 0 Å². The van der Waals surface area contributed by atoms with Crippen molar-refractivity contribution in [1.82, 2.24) is 116 Å². The molecule has 0 aliphatic heterocycles. The Balaban J connectivity index is 0.0000000906. The number of hydrogen-bond donors (Lipinski definition) is 9. The topological polar surface area (TPSA) is 385 Å². The molecule has 0 unspecified atom stereocenters. The predicted octanol–water partition coefficient (Wildman–Crippen LogP) is 23.6. The van der Waals surface area contributed by atoms with Crippen LogP contribution in [0.2, 0.25) is 0 Å². The first kappa shape index (κ1) is 82.3. The van der Waals surface area contributed by atoms with Crippen LogP contribution in [0.3, 0.4) is 0 Å². The lowest BCUT2D eigenvalue weighted by Crippen LogP contribution is -2.08. The molecule has 11 N–H and O–H groups in total. The van der Waals surface area contributed by atoms with Gasteiger partial charge >= 0.3 is 0 Å². The lowest BCUT2D eigenvalue weighted by Gasteiger charge is -2.22. The molecule has 15 aromatic heterocycles. The summed E-state index contributed by atoms with van der Waals surface area (Å²) in [6.45, 7) is 10.5. The summed E-state index contributed by atoms with van der Waals surface area (Å²) in [6, 6.07) is 48.6. The van der Waals surface area contributed by atoms with E-state index in [1.807, 2.05) is 48.5 Å². The van der Waals surface area contributed by atoms with Crippen molar-refractivity contribution in [3.05, 3.63) is 242 Å². The molecule has 0 spiro atoms. The Morgan fingerprint density at radius 2 is 0.676 bits per heavy atom. The van der Waals surface area contributed by atoms with Gasteiger partial charge in [0, 0.05) is 122 Å². The van der Waals surface area contributed by atoms with E-state index < -0.39 is 0 Å². The number of thiazole rings is 2. The quantitative estimate of drug-likeness (QED) is 0.0773. The average molecular weight is 1820 g/mol. The summed E-state index contributed by atoms with van der Waals surface area (Å²) >= 11 is 3.03. The predicted molar refractivity (Wildman–Crippen MR) is 547 cm³/mol. The SMILES string of the molecule is Cc1[nH]nc2ccc3nc(-c4ccc5[nH]ncc5c4)c4c(c3c12)CCCC4.Cc1[nH]nc2ccc3nc(-c4ccc5nc(N)sc5c4)c4c(c3c12)CCCC4.Cc1c2c(ccc3nc(-c4ccc5[nH]ncc5c4)c4c(c32)CCCC4)nn1C.Cc1n[nH]c(C)c1-c1nc2ccc3[nH]ncc3c2c2c1CCCC2.N#Cc1n[nH]c2ccc3nc(-c4ccc5nc(N)sc5c4)c4c(c3c12)CCCC4. The molecule has 24 aromatic rings. The van der Waals surface area contributed by atoms with Gasteiger partial charge in [0.15, 0.2) is 16.0 Å². The number of aromatic nitrogens is 23. The first-order valence-corrected chi connectivity index (χ1v) is 48.9. The van der Waals surface area contributed by atoms with Crippen LogP contribution in [0.5, 0.6) is 0 Å². The highest BCUT2D eigenvalue weighted by Gasteiger charge is 2.31. The third-order valence-electron chi connectivity index (χ3n) is 29.0. The molecule has 0 bridgehead atoms. The van der Waals surface area contributed by atoms with E-state index >= 15 is 0 Å². The first-order chi connectivity index (χ1) is 66.6. The molecule has 0 saturated heterocycles. The Morgan fingerprint density at radius 1 is 0.316 bits per heavy atom. The Kier molecular flexibility index (Phi) is 19.9. The van der Waals surface area contributed by atoms with Crippen LogP contribution in [-0.2, 0) is 71.3 Å². The maximum absolute atomic E-state index is 9.56. The zero-order valence-electron chi connectivity index (χ0n) is 76.1. The molecule has 0 fully saturated rings. The number of fused-ring (bicyclic) bond motifs is 29. The van der Waals surface area contributed by atoms with Crippen molar-refractivity contribution in [3.8, 4) is 62.4 Å². The van der Waals surface area contributed by atoms with Gasteiger partial charge in [0.25, 0.3) is 0 Å². The lowest BCUT2D eigenvalue weighted by molar-refractivity contribution is 0.689. The number of hydrogen-bond acceptors (Lipinski definition) is 20. The smallest absolute Gasteiger partial charge is 0.181 e. The van der Waals surface area contributed by atoms with Crippen LogP contribution in [0.25, 0.3) is 208 Å². The largest absolute Gasteiger partial charge is 0.375 e. The Bertz CT molecular complexity index is 9100. The molecule has 26 nitrogen and oxygen atoms in total. The van der Waals surface area contributed by atoms with E-state index in [0.29, 0.717) is 16.0 Å². The molecule has 15 heterocycles. The van der Waals surface area contributed by atoms with E-state index in [2.05, 4.69) is 237 Å². The van der Waals surface area contributed by atoms with Gasteiger partial charge in [-0.05, 0) is 328 Å². The van der Waals surface area contributed by atoms with Crippen molar-refractivity contribution < 1.29 is 0 Å². The van der Waals surface area contributed by atoms with Crippen molar-refractivity contribution in [3.63, 3.8) is 0 Å². The number of aromatic amines is 7. The second-order valence-electron chi connectivity index (χ2n) is 37.1. The van der Waals surface area contributed by atoms with Gasteiger partial charge < -0.3 is 11.5 Å². The fourth-order valence-electron chi connectivity index (χ4n) is 22.7. The number of anilines is 2. The summed E-state index contributed by atoms with van der Waals surface area (Å²) in [5.41, 5.74) is 57.4. The van der Waals surface area contributed by atoms with Crippen molar-refractivity contribution >= 4 is 184 Å². The highest BCUT2D eigenvalue weighted by Crippen LogP contribution is 2.48. The molecule has 0 atom stereocenters. The monoisotopic (exact) mass is 1820 g/mol. The number of rotatable bonds is 5. The zero-order chi connectivity index (χ0) is 91.4. The van der Waals surface area contributed by atoms with Crippen LogP contribution in [0, 0.1) is 45.9 Å². The lowest BCUT2D eigenvalue weighted by atomic mass is 9.85. The molecule has 0 amide bonds. The molecule has 136 heavy (non-hydrogen) atoms. The van der Waals surface area contributed by atoms with Crippen LogP contribution in [0.15, 0.2) is 152 Å². The molecule has 5 aliphatic carbocycles. The van der Waals surface area contributed by atoms with Gasteiger partial charge in [-0.1, -0.05) is 46.9 Å². The number of benzene rings is 9. The van der Waals surface area contributed by atoms with E-state index in [0.717, 1.165) is 248 Å². The molecular formula is C108H94N26S2. The molecule has 5 aliphatic rings. The fourth-order valence-corrected chi connectivity index (χ4v) is 24.3. The average Bonchev–Trinajstić information content (AvgIpc) is 1.55. The van der Waals surface area contributed by atoms with Gasteiger partial charge in [-0.2, -0.15) is 46.1 Å². The molecule has 28 heteroatoms. The second kappa shape index (κ2) is 32.9. The Labute approximate surface area is 786 Å². The zero-order valence-corrected chi connectivity index (χ0v) is 77.8. The minimum atomic E-state index is 0.439. The fraction of sp³-hybridized carbons (Fsp3) is 0.241. The summed E-state index contributed by atoms with van der Waals surface area (Å²) in [4.78, 5) is 34.4. The van der Waals surface area contributed by atoms with Gasteiger partial charge in [0.05, 0.1) is 139 Å². The minimum Gasteiger partial charge on any atom is -0.375 e. The summed E-state index contributed by atoms with van der Waals surface area (Å²) in [5.74, 6) is 0. The van der Waals surface area contributed by atoms with Gasteiger partial charge in [-0.3, -0.25) is 40.4 Å². The number of nitriles is 1. The highest BCUT2D eigenvalue weighted by atomic mass is 32.1. The molecule has 0 saturated carbocycles. The van der Waals surface area contributed by atoms with Crippen molar-refractivity contribution in [1.29, 1.82) is 5.26 Å². The number of nitrogens with two attached hydrogens (primary N) is 2. The number of nitrogens with one attached hydrogen (secondary N) is 7. The van der Waals surface area contributed by atoms with Gasteiger partial charge in [0.2, 0.25) is 0 Å². The molecule has 29 rings (SSSR count). The van der Waals surface area contributed by atoms with E-state index in [1.54, 1.807) is 0 Å². The number of nitrogen functional groups attached to an aromatic ring is 2. The van der Waals surface area contributed by atoms with Crippen molar-refractivity contribution in [2.75, 3.05) is 11.5 Å². The van der Waals surface area contributed by atoms with E-state index in [9.17, 15) is 5.26 Å². The Morgan fingerprint density at radius 3 is 1.15 bits per heavy atom. The third-order valence-corrected chi connectivity index (χ3v) is 30.7. The summed E-state index contributed by atoms with van der Waals surface area (Å²) < 4.78 is 4.17. The summed E-state index contributed by atoms with van der Waals surface area (Å²) in [5, 5.41) is 81.4. The number of H-pyrrole nitrogens is 7. The van der Waals surface area contributed by atoms with Gasteiger partial charge in [0.1, 0.15) is 6.07 Å². The van der Waals surface area contributed by atoms with Crippen LogP contribution in [0.1, 0.15) is 154 Å². The summed E-state index contributed by atoms with van der Waals surface area (Å²) in [6.07, 6.45) is 28.6. The number of aryl methyl sites for hydroxylation is 11. The van der Waals surface area contributed by atoms with Crippen molar-refractivity contribution in [2.24, 2.45) is 7.05 Å². The standard InChI is InChI=1S/C23H21N5.C22H16N6S.C22H19N5S.C22H19N5.C19H19N5/c1-13-21-20(27-28(13)2)10-9-19-22(21)16-5-3-4-6-17(16)23(25-19)14-7-8-18-15(11-14)12-24-26-18;23-10-17-20-16(27-28-17)8-7-15-19(20)12-3-1-2-4-13(12)21(25-15)11-5-6-14-18(9-11)29-22(24)26-14;1-11-19-17(27-26-11)9-8-16-20(19)13-4-2-3-5-14(13)21(24-16)12-6-7-15-18(10-12)28-22(23)25-15;1-12-20-19(27-25-12)9-8-18-21(20)15-4-2-3-5-16(15)22(24-18)13-6-7-17-14(10-13)11-23-26-17;1-10-17(11(2)23-22-10)19-13-6-4-3-5-12(13)18-14-9-20-24-15(14)7-8-16(18)21-19/h7-12H,3-6H2,1-2H3,(H,24,26);5-9H,1-4H2,(H2,24,26)(H,27,28);6-10H,2-5H2,1H3,(H2,23,25)(H,26,27);6-11H,2-5H2,1H3,(H,23,26)(H,25,27);7-9H,3-6H2,1-2H3,(H,20,24)(H,22,23). The number of nitrogens with zero attached hydrogens (tertiary/aromatic N) is 17. The van der Waals surface area contributed by atoms with Crippen LogP contribution < -0.4 is 11.5 Å². The first-order valence-electron chi connectivity index (χ1n) is 47.2. The molecule has 0 radical (unpaired) electrons. The van der Waals surface area contributed by atoms with Crippen molar-refractivity contribution in [2.45, 2.75) is 163 Å².